The number of aromatic nitrogens is 4. The van der Waals surface area contributed by atoms with Crippen LogP contribution in [0.1, 0.15) is 0 Å². The Hall–Kier alpha value is -7.71. The van der Waals surface area contributed by atoms with Gasteiger partial charge in [0.05, 0.1) is 21.4 Å². The van der Waals surface area contributed by atoms with Gasteiger partial charge in [-0.05, 0) is 95.7 Å². The number of para-hydroxylation sites is 2. The van der Waals surface area contributed by atoms with Crippen LogP contribution < -0.4 is 0 Å². The van der Waals surface area contributed by atoms with Crippen molar-refractivity contribution < 1.29 is 4.42 Å². The summed E-state index contributed by atoms with van der Waals surface area (Å²) in [5.74, 6) is 1.87. The van der Waals surface area contributed by atoms with Crippen LogP contribution in [0.3, 0.4) is 0 Å². The molecule has 5 heterocycles. The first kappa shape index (κ1) is 34.0. The van der Waals surface area contributed by atoms with Crippen LogP contribution in [0.2, 0.25) is 0 Å². The molecule has 0 spiro atoms. The molecule has 0 atom stereocenters. The van der Waals surface area contributed by atoms with E-state index in [0.29, 0.717) is 17.5 Å². The molecule has 0 saturated heterocycles. The number of furan rings is 1. The molecule has 9 aromatic carbocycles. The molecule has 5 nitrogen and oxygen atoms in total. The second kappa shape index (κ2) is 12.9. The summed E-state index contributed by atoms with van der Waals surface area (Å²) in [5, 5.41) is 11.8. The van der Waals surface area contributed by atoms with Crippen molar-refractivity contribution in [2.45, 2.75) is 0 Å². The van der Waals surface area contributed by atoms with Crippen LogP contribution in [0, 0.1) is 0 Å². The van der Waals surface area contributed by atoms with Crippen LogP contribution in [0.15, 0.2) is 186 Å². The Kier molecular flexibility index (Phi) is 7.08. The van der Waals surface area contributed by atoms with E-state index in [0.717, 1.165) is 49.7 Å². The highest BCUT2D eigenvalue weighted by Gasteiger charge is 2.23. The number of thiophene rings is 2. The van der Waals surface area contributed by atoms with E-state index in [1.165, 1.54) is 67.5 Å². The Balaban J connectivity index is 1.05. The molecule has 288 valence electrons. The molecule has 0 aliphatic heterocycles. The maximum Gasteiger partial charge on any atom is 0.164 e. The van der Waals surface area contributed by atoms with E-state index in [-0.39, 0.29) is 0 Å². The van der Waals surface area contributed by atoms with E-state index >= 15 is 0 Å². The minimum Gasteiger partial charge on any atom is -0.456 e. The van der Waals surface area contributed by atoms with Gasteiger partial charge in [0.2, 0.25) is 0 Å². The van der Waals surface area contributed by atoms with Gasteiger partial charge in [-0.15, -0.1) is 22.7 Å². The topological polar surface area (TPSA) is 56.7 Å². The minimum atomic E-state index is 0.610. The summed E-state index contributed by atoms with van der Waals surface area (Å²) >= 11 is 3.63. The Morgan fingerprint density at radius 3 is 1.84 bits per heavy atom. The van der Waals surface area contributed by atoms with Gasteiger partial charge in [0.1, 0.15) is 11.2 Å². The minimum absolute atomic E-state index is 0.610. The van der Waals surface area contributed by atoms with E-state index in [1.807, 2.05) is 40.9 Å². The van der Waals surface area contributed by atoms with Gasteiger partial charge in [-0.2, -0.15) is 0 Å². The normalized spacial score (nSPS) is 12.2. The lowest BCUT2D eigenvalue weighted by atomic mass is 10.0. The Morgan fingerprint density at radius 1 is 0.387 bits per heavy atom. The first-order valence-electron chi connectivity index (χ1n) is 20.7. The van der Waals surface area contributed by atoms with Crippen molar-refractivity contribution in [1.29, 1.82) is 0 Å². The maximum atomic E-state index is 6.24. The Bertz CT molecular complexity index is 4060. The summed E-state index contributed by atoms with van der Waals surface area (Å²) in [6, 6.07) is 64.9. The van der Waals surface area contributed by atoms with Crippen LogP contribution >= 0.6 is 22.7 Å². The standard InChI is InChI=1S/C55H30N4OS2/c1-2-12-32-30-45-40(27-31(32)11-1)35-13-3-7-17-43(35)59(45)44-24-23-39(51-38-16-6-10-20-49(38)62-52(44)51)55-57-53(33-21-25-47-41(28-33)36-14-4-8-18-46(36)60-47)56-54(58-55)34-22-26-50-42(29-34)37-15-5-9-19-48(37)61-50/h1-30H. The number of benzene rings is 9. The van der Waals surface area contributed by atoms with Gasteiger partial charge in [0.25, 0.3) is 0 Å². The van der Waals surface area contributed by atoms with Gasteiger partial charge < -0.3 is 8.98 Å². The van der Waals surface area contributed by atoms with Crippen molar-refractivity contribution >= 4 is 118 Å². The fourth-order valence-corrected chi connectivity index (χ4v) is 11.9. The zero-order valence-corrected chi connectivity index (χ0v) is 34.5. The van der Waals surface area contributed by atoms with Crippen molar-refractivity contribution in [1.82, 2.24) is 19.5 Å². The van der Waals surface area contributed by atoms with Gasteiger partial charge >= 0.3 is 0 Å². The van der Waals surface area contributed by atoms with E-state index in [4.69, 9.17) is 19.4 Å². The molecule has 0 radical (unpaired) electrons. The summed E-state index contributed by atoms with van der Waals surface area (Å²) in [4.78, 5) is 16.1. The molecule has 62 heavy (non-hydrogen) atoms. The second-order valence-electron chi connectivity index (χ2n) is 15.9. The summed E-state index contributed by atoms with van der Waals surface area (Å²) in [6.07, 6.45) is 0. The van der Waals surface area contributed by atoms with Crippen molar-refractivity contribution in [3.05, 3.63) is 182 Å². The summed E-state index contributed by atoms with van der Waals surface area (Å²) in [5.41, 5.74) is 7.99. The number of fused-ring (bicyclic) bond motifs is 13. The highest BCUT2D eigenvalue weighted by Crippen LogP contribution is 2.46. The number of nitrogens with zero attached hydrogens (tertiary/aromatic N) is 4. The first-order valence-corrected chi connectivity index (χ1v) is 22.3. The fourth-order valence-electron chi connectivity index (χ4n) is 9.58. The van der Waals surface area contributed by atoms with Gasteiger partial charge in [-0.25, -0.2) is 15.0 Å². The van der Waals surface area contributed by atoms with Gasteiger partial charge in [-0.1, -0.05) is 97.1 Å². The number of hydrogen-bond donors (Lipinski definition) is 0. The van der Waals surface area contributed by atoms with Crippen molar-refractivity contribution in [2.75, 3.05) is 0 Å². The predicted molar refractivity (Wildman–Crippen MR) is 261 cm³/mol. The SMILES string of the molecule is c1ccc2cc3c(cc2c1)c1ccccc1n3-c1ccc(-c2nc(-c3ccc4oc5ccccc5c4c3)nc(-c3ccc4sc5ccccc5c4c3)n2)c2c1sc1ccccc12. The lowest BCUT2D eigenvalue weighted by Crippen LogP contribution is -2.01. The molecule has 0 unspecified atom stereocenters. The zero-order chi connectivity index (χ0) is 40.5. The molecule has 0 amide bonds. The van der Waals surface area contributed by atoms with Crippen LogP contribution in [-0.2, 0) is 0 Å². The first-order chi connectivity index (χ1) is 30.7. The number of rotatable bonds is 4. The summed E-state index contributed by atoms with van der Waals surface area (Å²) < 4.78 is 13.6. The number of hydrogen-bond acceptors (Lipinski definition) is 6. The molecule has 14 aromatic rings. The third-order valence-corrected chi connectivity index (χ3v) is 14.8. The van der Waals surface area contributed by atoms with Crippen molar-refractivity contribution in [3.8, 4) is 39.9 Å². The molecule has 5 aromatic heterocycles. The molecular weight excluding hydrogens is 797 g/mol. The molecule has 14 rings (SSSR count). The Labute approximate surface area is 361 Å². The zero-order valence-electron chi connectivity index (χ0n) is 32.8. The van der Waals surface area contributed by atoms with Crippen LogP contribution in [0.4, 0.5) is 0 Å². The lowest BCUT2D eigenvalue weighted by molar-refractivity contribution is 0.669. The average Bonchev–Trinajstić information content (AvgIpc) is 4.09. The average molecular weight is 827 g/mol. The van der Waals surface area contributed by atoms with E-state index in [2.05, 4.69) is 168 Å². The smallest absolute Gasteiger partial charge is 0.164 e. The van der Waals surface area contributed by atoms with Gasteiger partial charge in [0, 0.05) is 73.9 Å². The van der Waals surface area contributed by atoms with Crippen LogP contribution in [0.25, 0.3) is 135 Å². The second-order valence-corrected chi connectivity index (χ2v) is 18.1. The molecular formula is C55H30N4OS2. The van der Waals surface area contributed by atoms with Crippen LogP contribution in [-0.4, -0.2) is 19.5 Å². The predicted octanol–water partition coefficient (Wildman–Crippen LogP) is 15.8. The highest BCUT2D eigenvalue weighted by molar-refractivity contribution is 7.26. The van der Waals surface area contributed by atoms with E-state index in [9.17, 15) is 0 Å². The maximum absolute atomic E-state index is 6.24. The molecule has 0 saturated carbocycles. The largest absolute Gasteiger partial charge is 0.456 e. The molecule has 0 bridgehead atoms. The third kappa shape index (κ3) is 4.97. The lowest BCUT2D eigenvalue weighted by Gasteiger charge is -2.13. The monoisotopic (exact) mass is 826 g/mol. The van der Waals surface area contributed by atoms with E-state index in [1.54, 1.807) is 0 Å². The molecule has 0 aliphatic rings. The molecule has 0 N–H and O–H groups in total. The molecule has 7 heteroatoms. The van der Waals surface area contributed by atoms with Crippen molar-refractivity contribution in [2.24, 2.45) is 0 Å². The molecule has 0 aliphatic carbocycles. The summed E-state index contributed by atoms with van der Waals surface area (Å²) in [7, 11) is 0. The van der Waals surface area contributed by atoms with Gasteiger partial charge in [-0.3, -0.25) is 0 Å². The van der Waals surface area contributed by atoms with Crippen molar-refractivity contribution in [3.63, 3.8) is 0 Å². The fraction of sp³-hybridized carbons (Fsp3) is 0. The van der Waals surface area contributed by atoms with E-state index < -0.39 is 0 Å². The quantitative estimate of drug-likeness (QED) is 0.177. The van der Waals surface area contributed by atoms with Crippen LogP contribution in [0.5, 0.6) is 0 Å². The highest BCUT2D eigenvalue weighted by atomic mass is 32.1. The third-order valence-electron chi connectivity index (χ3n) is 12.4. The molecule has 0 fully saturated rings. The Morgan fingerprint density at radius 2 is 1.00 bits per heavy atom. The van der Waals surface area contributed by atoms with Gasteiger partial charge in [0.15, 0.2) is 17.5 Å². The summed E-state index contributed by atoms with van der Waals surface area (Å²) in [6.45, 7) is 0.